The van der Waals surface area contributed by atoms with E-state index < -0.39 is 0 Å². The van der Waals surface area contributed by atoms with Crippen LogP contribution in [0.3, 0.4) is 0 Å². The Bertz CT molecular complexity index is 589. The van der Waals surface area contributed by atoms with E-state index in [9.17, 15) is 4.79 Å². The molecule has 0 atom stereocenters. The number of aromatic nitrogens is 2. The zero-order valence-electron chi connectivity index (χ0n) is 11.2. The maximum Gasteiger partial charge on any atom is 0.246 e. The number of benzene rings is 1. The molecule has 114 valence electrons. The van der Waals surface area contributed by atoms with E-state index in [0.717, 1.165) is 5.56 Å². The lowest BCUT2D eigenvalue weighted by molar-refractivity contribution is -0.121. The van der Waals surface area contributed by atoms with Crippen LogP contribution in [0.5, 0.6) is 0 Å². The van der Waals surface area contributed by atoms with Crippen LogP contribution in [0.25, 0.3) is 11.4 Å². The Kier molecular flexibility index (Phi) is 7.14. The molecule has 0 radical (unpaired) electrons. The second-order valence-corrected chi connectivity index (χ2v) is 4.63. The first-order valence-corrected chi connectivity index (χ1v) is 6.62. The maximum absolute atomic E-state index is 11.4. The molecule has 1 heterocycles. The fourth-order valence-electron chi connectivity index (χ4n) is 1.60. The number of nitrogens with one attached hydrogen (secondary N) is 1. The molecule has 0 saturated heterocycles. The Morgan fingerprint density at radius 2 is 2.24 bits per heavy atom. The minimum atomic E-state index is -0.0852. The van der Waals surface area contributed by atoms with Gasteiger partial charge in [-0.05, 0) is 25.1 Å². The summed E-state index contributed by atoms with van der Waals surface area (Å²) in [4.78, 5) is 15.6. The Morgan fingerprint density at radius 1 is 1.43 bits per heavy atom. The molecule has 21 heavy (non-hydrogen) atoms. The number of carbonyl (C=O) groups excluding carboxylic acids is 1. The highest BCUT2D eigenvalue weighted by Gasteiger charge is 2.10. The summed E-state index contributed by atoms with van der Waals surface area (Å²) in [5.41, 5.74) is 6.10. The van der Waals surface area contributed by atoms with E-state index in [0.29, 0.717) is 36.1 Å². The van der Waals surface area contributed by atoms with Crippen LogP contribution < -0.4 is 11.1 Å². The van der Waals surface area contributed by atoms with Crippen LogP contribution in [0.4, 0.5) is 0 Å². The molecule has 0 aliphatic heterocycles. The predicted molar refractivity (Wildman–Crippen MR) is 82.1 cm³/mol. The van der Waals surface area contributed by atoms with E-state index >= 15 is 0 Å². The van der Waals surface area contributed by atoms with Crippen molar-refractivity contribution in [2.24, 2.45) is 5.73 Å². The van der Waals surface area contributed by atoms with Crippen LogP contribution in [-0.2, 0) is 11.3 Å². The summed E-state index contributed by atoms with van der Waals surface area (Å²) in [5.74, 6) is 0.706. The van der Waals surface area contributed by atoms with Gasteiger partial charge < -0.3 is 15.6 Å². The van der Waals surface area contributed by atoms with Gasteiger partial charge in [0, 0.05) is 17.0 Å². The largest absolute Gasteiger partial charge is 0.347 e. The molecular formula is C13H16Cl2N4O2. The van der Waals surface area contributed by atoms with Crippen molar-refractivity contribution < 1.29 is 9.32 Å². The molecule has 6 nitrogen and oxygen atoms in total. The number of amides is 1. The molecule has 3 N–H and O–H groups in total. The van der Waals surface area contributed by atoms with Crippen molar-refractivity contribution in [3.63, 3.8) is 0 Å². The molecule has 2 rings (SSSR count). The van der Waals surface area contributed by atoms with Crippen molar-refractivity contribution in [3.8, 4) is 11.4 Å². The van der Waals surface area contributed by atoms with Gasteiger partial charge in [0.2, 0.25) is 17.6 Å². The first-order valence-electron chi connectivity index (χ1n) is 6.24. The van der Waals surface area contributed by atoms with Crippen molar-refractivity contribution >= 4 is 29.9 Å². The van der Waals surface area contributed by atoms with E-state index in [1.807, 2.05) is 12.1 Å². The van der Waals surface area contributed by atoms with Gasteiger partial charge in [-0.1, -0.05) is 28.9 Å². The van der Waals surface area contributed by atoms with Gasteiger partial charge in [0.05, 0.1) is 6.54 Å². The summed E-state index contributed by atoms with van der Waals surface area (Å²) in [6.07, 6.45) is 1.05. The average molecular weight is 331 g/mol. The molecule has 1 aromatic heterocycles. The molecule has 0 saturated carbocycles. The molecule has 0 unspecified atom stereocenters. The molecule has 0 bridgehead atoms. The molecule has 1 amide bonds. The van der Waals surface area contributed by atoms with Crippen LogP contribution in [0.15, 0.2) is 28.8 Å². The Balaban J connectivity index is 0.00000220. The van der Waals surface area contributed by atoms with Crippen molar-refractivity contribution in [2.75, 3.05) is 6.54 Å². The number of hydrogen-bond acceptors (Lipinski definition) is 5. The van der Waals surface area contributed by atoms with Crippen LogP contribution in [0.1, 0.15) is 18.7 Å². The summed E-state index contributed by atoms with van der Waals surface area (Å²) < 4.78 is 5.07. The first kappa shape index (κ1) is 17.4. The number of nitrogens with zero attached hydrogens (tertiary/aromatic N) is 2. The van der Waals surface area contributed by atoms with Gasteiger partial charge in [-0.3, -0.25) is 4.79 Å². The van der Waals surface area contributed by atoms with E-state index in [1.165, 1.54) is 0 Å². The molecule has 1 aromatic carbocycles. The van der Waals surface area contributed by atoms with Crippen molar-refractivity contribution in [2.45, 2.75) is 19.4 Å². The lowest BCUT2D eigenvalue weighted by Gasteiger charge is -2.00. The third-order valence-electron chi connectivity index (χ3n) is 2.60. The highest BCUT2D eigenvalue weighted by molar-refractivity contribution is 6.30. The van der Waals surface area contributed by atoms with Gasteiger partial charge in [0.15, 0.2) is 0 Å². The topological polar surface area (TPSA) is 94.0 Å². The van der Waals surface area contributed by atoms with Crippen LogP contribution >= 0.6 is 24.0 Å². The van der Waals surface area contributed by atoms with Gasteiger partial charge >= 0.3 is 0 Å². The lowest BCUT2D eigenvalue weighted by Crippen LogP contribution is -2.23. The summed E-state index contributed by atoms with van der Waals surface area (Å²) in [5, 5.41) is 7.15. The molecule has 8 heteroatoms. The van der Waals surface area contributed by atoms with Crippen molar-refractivity contribution in [1.82, 2.24) is 15.5 Å². The fourth-order valence-corrected chi connectivity index (χ4v) is 1.79. The summed E-state index contributed by atoms with van der Waals surface area (Å²) in [7, 11) is 0. The monoisotopic (exact) mass is 330 g/mol. The highest BCUT2D eigenvalue weighted by atomic mass is 35.5. The van der Waals surface area contributed by atoms with E-state index in [-0.39, 0.29) is 24.9 Å². The number of carbonyl (C=O) groups is 1. The second-order valence-electron chi connectivity index (χ2n) is 4.19. The Morgan fingerprint density at radius 3 is 2.95 bits per heavy atom. The maximum atomic E-state index is 11.4. The minimum absolute atomic E-state index is 0. The minimum Gasteiger partial charge on any atom is -0.347 e. The van der Waals surface area contributed by atoms with Crippen molar-refractivity contribution in [1.29, 1.82) is 0 Å². The SMILES string of the molecule is Cl.NCCCC(=O)NCc1nc(-c2cccc(Cl)c2)no1. The van der Waals surface area contributed by atoms with E-state index in [4.69, 9.17) is 21.9 Å². The standard InChI is InChI=1S/C13H15ClN4O2.ClH/c14-10-4-1-3-9(7-10)13-17-12(20-18-13)8-16-11(19)5-2-6-15;/h1,3-4,7H,2,5-6,8,15H2,(H,16,19);1H. The van der Waals surface area contributed by atoms with Crippen LogP contribution in [0, 0.1) is 0 Å². The van der Waals surface area contributed by atoms with E-state index in [1.54, 1.807) is 12.1 Å². The highest BCUT2D eigenvalue weighted by Crippen LogP contribution is 2.19. The van der Waals surface area contributed by atoms with Gasteiger partial charge in [-0.25, -0.2) is 0 Å². The lowest BCUT2D eigenvalue weighted by atomic mass is 10.2. The van der Waals surface area contributed by atoms with Crippen molar-refractivity contribution in [3.05, 3.63) is 35.2 Å². The number of rotatable bonds is 6. The zero-order valence-corrected chi connectivity index (χ0v) is 12.8. The Labute approximate surface area is 133 Å². The summed E-state index contributed by atoms with van der Waals surface area (Å²) in [6.45, 7) is 0.698. The Hall–Kier alpha value is -1.63. The summed E-state index contributed by atoms with van der Waals surface area (Å²) >= 11 is 5.90. The second kappa shape index (κ2) is 8.61. The van der Waals surface area contributed by atoms with Gasteiger partial charge in [-0.2, -0.15) is 4.98 Å². The van der Waals surface area contributed by atoms with Gasteiger partial charge in [0.1, 0.15) is 0 Å². The first-order chi connectivity index (χ1) is 9.69. The molecular weight excluding hydrogens is 315 g/mol. The quantitative estimate of drug-likeness (QED) is 0.846. The summed E-state index contributed by atoms with van der Waals surface area (Å²) in [6, 6.07) is 7.16. The number of halogens is 2. The molecule has 0 aliphatic rings. The normalized spacial score (nSPS) is 10.0. The zero-order chi connectivity index (χ0) is 14.4. The van der Waals surface area contributed by atoms with Crippen LogP contribution in [0.2, 0.25) is 5.02 Å². The van der Waals surface area contributed by atoms with E-state index in [2.05, 4.69) is 15.5 Å². The molecule has 0 fully saturated rings. The molecule has 0 spiro atoms. The number of nitrogens with two attached hydrogens (primary N) is 1. The third kappa shape index (κ3) is 5.34. The van der Waals surface area contributed by atoms with Gasteiger partial charge in [-0.15, -0.1) is 12.4 Å². The fraction of sp³-hybridized carbons (Fsp3) is 0.308. The molecule has 0 aliphatic carbocycles. The van der Waals surface area contributed by atoms with Gasteiger partial charge in [0.25, 0.3) is 0 Å². The molecule has 2 aromatic rings. The smallest absolute Gasteiger partial charge is 0.246 e. The third-order valence-corrected chi connectivity index (χ3v) is 2.83. The number of hydrogen-bond donors (Lipinski definition) is 2. The van der Waals surface area contributed by atoms with Crippen LogP contribution in [-0.4, -0.2) is 22.6 Å². The predicted octanol–water partition coefficient (Wildman–Crippen LogP) is 2.17. The average Bonchev–Trinajstić information content (AvgIpc) is 2.92.